The highest BCUT2D eigenvalue weighted by atomic mass is 16.5. The number of benzene rings is 4. The Morgan fingerprint density at radius 1 is 0.973 bits per heavy atom. The monoisotopic (exact) mass is 491 g/mol. The first-order valence-electron chi connectivity index (χ1n) is 12.3. The molecule has 0 atom stereocenters. The summed E-state index contributed by atoms with van der Waals surface area (Å²) in [7, 11) is 1.58. The van der Waals surface area contributed by atoms with Crippen LogP contribution in [0.1, 0.15) is 25.0 Å². The molecule has 0 bridgehead atoms. The fourth-order valence-electron chi connectivity index (χ4n) is 4.80. The number of carbonyl (C=O) groups excluding carboxylic acids is 1. The van der Waals surface area contributed by atoms with E-state index in [0.717, 1.165) is 44.2 Å². The fourth-order valence-corrected chi connectivity index (χ4v) is 4.80. The molecule has 37 heavy (non-hydrogen) atoms. The van der Waals surface area contributed by atoms with Crippen molar-refractivity contribution >= 4 is 38.9 Å². The summed E-state index contributed by atoms with van der Waals surface area (Å²) < 4.78 is 17.5. The molecular weight excluding hydrogens is 462 g/mol. The minimum absolute atomic E-state index is 0.247. The molecule has 0 aliphatic heterocycles. The molecule has 0 saturated carbocycles. The maximum absolute atomic E-state index is 13.0. The van der Waals surface area contributed by atoms with E-state index in [9.17, 15) is 4.79 Å². The molecule has 0 radical (unpaired) electrons. The molecule has 0 aliphatic carbocycles. The topological polar surface area (TPSA) is 60.7 Å². The van der Waals surface area contributed by atoms with Crippen LogP contribution >= 0.6 is 0 Å². The Balaban J connectivity index is 1.62. The number of hydrogen-bond donors (Lipinski definition) is 1. The van der Waals surface area contributed by atoms with E-state index in [1.807, 2.05) is 63.4 Å². The lowest BCUT2D eigenvalue weighted by Gasteiger charge is -2.15. The van der Waals surface area contributed by atoms with Crippen molar-refractivity contribution in [2.45, 2.75) is 20.8 Å². The number of aryl methyl sites for hydroxylation is 1. The number of methoxy groups -OCH3 is 1. The molecule has 5 heteroatoms. The quantitative estimate of drug-likeness (QED) is 0.234. The molecule has 186 valence electrons. The normalized spacial score (nSPS) is 11.6. The molecule has 1 amide bonds. The average Bonchev–Trinajstić information content (AvgIpc) is 3.34. The van der Waals surface area contributed by atoms with Crippen molar-refractivity contribution in [3.63, 3.8) is 0 Å². The standard InChI is InChI=1S/C32H29NO4/c1-5-36-31-21(3)32-26(27(19-37-32)24-14-10-12-22-11-6-7-13-23(22)24)18-25(31)20(2)17-30(34)33-28-15-8-9-16-29(28)35-4/h6-19H,5H2,1-4H3,(H,33,34)/b20-17+. The summed E-state index contributed by atoms with van der Waals surface area (Å²) in [5, 5.41) is 6.22. The molecule has 0 unspecified atom stereocenters. The van der Waals surface area contributed by atoms with Gasteiger partial charge in [0, 0.05) is 28.2 Å². The van der Waals surface area contributed by atoms with Gasteiger partial charge in [0.2, 0.25) is 5.91 Å². The molecule has 0 saturated heterocycles. The van der Waals surface area contributed by atoms with Gasteiger partial charge in [0.1, 0.15) is 17.1 Å². The predicted octanol–water partition coefficient (Wildman–Crippen LogP) is 8.01. The number of fused-ring (bicyclic) bond motifs is 2. The smallest absolute Gasteiger partial charge is 0.248 e. The first kappa shape index (κ1) is 24.2. The molecule has 1 N–H and O–H groups in total. The Morgan fingerprint density at radius 3 is 2.54 bits per heavy atom. The minimum Gasteiger partial charge on any atom is -0.495 e. The minimum atomic E-state index is -0.247. The third-order valence-corrected chi connectivity index (χ3v) is 6.55. The van der Waals surface area contributed by atoms with Crippen molar-refractivity contribution in [2.24, 2.45) is 0 Å². The second kappa shape index (κ2) is 10.2. The van der Waals surface area contributed by atoms with Crippen molar-refractivity contribution in [1.82, 2.24) is 0 Å². The molecule has 0 aliphatic rings. The second-order valence-corrected chi connectivity index (χ2v) is 8.88. The van der Waals surface area contributed by atoms with Crippen LogP contribution in [0.2, 0.25) is 0 Å². The Morgan fingerprint density at radius 2 is 1.73 bits per heavy atom. The average molecular weight is 492 g/mol. The Labute approximate surface area is 216 Å². The summed E-state index contributed by atoms with van der Waals surface area (Å²) >= 11 is 0. The predicted molar refractivity (Wildman–Crippen MR) is 150 cm³/mol. The lowest BCUT2D eigenvalue weighted by Crippen LogP contribution is -2.10. The van der Waals surface area contributed by atoms with Gasteiger partial charge in [-0.15, -0.1) is 0 Å². The van der Waals surface area contributed by atoms with Crippen LogP contribution in [0.5, 0.6) is 11.5 Å². The van der Waals surface area contributed by atoms with Crippen LogP contribution in [0, 0.1) is 6.92 Å². The number of furan rings is 1. The van der Waals surface area contributed by atoms with Crippen molar-refractivity contribution in [3.8, 4) is 22.6 Å². The molecule has 5 nitrogen and oxygen atoms in total. The van der Waals surface area contributed by atoms with E-state index in [4.69, 9.17) is 13.9 Å². The zero-order chi connectivity index (χ0) is 25.9. The van der Waals surface area contributed by atoms with Crippen LogP contribution in [-0.4, -0.2) is 19.6 Å². The first-order valence-corrected chi connectivity index (χ1v) is 12.3. The number of hydrogen-bond acceptors (Lipinski definition) is 4. The van der Waals surface area contributed by atoms with Gasteiger partial charge in [-0.2, -0.15) is 0 Å². The van der Waals surface area contributed by atoms with Gasteiger partial charge < -0.3 is 19.2 Å². The third-order valence-electron chi connectivity index (χ3n) is 6.55. The molecule has 0 fully saturated rings. The van der Waals surface area contributed by atoms with Gasteiger partial charge in [-0.1, -0.05) is 54.6 Å². The number of nitrogens with one attached hydrogen (secondary N) is 1. The highest BCUT2D eigenvalue weighted by Gasteiger charge is 2.20. The highest BCUT2D eigenvalue weighted by molar-refractivity contribution is 6.08. The van der Waals surface area contributed by atoms with Crippen molar-refractivity contribution in [3.05, 3.63) is 96.3 Å². The molecule has 1 heterocycles. The first-order chi connectivity index (χ1) is 18.0. The van der Waals surface area contributed by atoms with Gasteiger partial charge >= 0.3 is 0 Å². The van der Waals surface area contributed by atoms with E-state index in [-0.39, 0.29) is 5.91 Å². The fraction of sp³-hybridized carbons (Fsp3) is 0.156. The van der Waals surface area contributed by atoms with Gasteiger partial charge in [-0.05, 0) is 60.9 Å². The number of carbonyl (C=O) groups is 1. The van der Waals surface area contributed by atoms with E-state index in [1.165, 1.54) is 5.39 Å². The van der Waals surface area contributed by atoms with Gasteiger partial charge in [-0.25, -0.2) is 0 Å². The number of amides is 1. The second-order valence-electron chi connectivity index (χ2n) is 8.88. The maximum Gasteiger partial charge on any atom is 0.248 e. The van der Waals surface area contributed by atoms with Crippen LogP contribution in [0.15, 0.2) is 89.6 Å². The third kappa shape index (κ3) is 4.56. The van der Waals surface area contributed by atoms with Crippen LogP contribution in [-0.2, 0) is 4.79 Å². The summed E-state index contributed by atoms with van der Waals surface area (Å²) in [5.74, 6) is 1.07. The lowest BCUT2D eigenvalue weighted by atomic mass is 9.94. The molecule has 1 aromatic heterocycles. The van der Waals surface area contributed by atoms with E-state index >= 15 is 0 Å². The lowest BCUT2D eigenvalue weighted by molar-refractivity contribution is -0.111. The van der Waals surface area contributed by atoms with Crippen LogP contribution in [0.4, 0.5) is 5.69 Å². The molecule has 0 spiro atoms. The Kier molecular flexibility index (Phi) is 6.69. The van der Waals surface area contributed by atoms with E-state index in [0.29, 0.717) is 23.8 Å². The van der Waals surface area contributed by atoms with E-state index < -0.39 is 0 Å². The highest BCUT2D eigenvalue weighted by Crippen LogP contribution is 2.42. The van der Waals surface area contributed by atoms with Gasteiger partial charge in [0.15, 0.2) is 0 Å². The number of allylic oxidation sites excluding steroid dienone is 1. The summed E-state index contributed by atoms with van der Waals surface area (Å²) in [6, 6.07) is 24.0. The maximum atomic E-state index is 13.0. The number of anilines is 1. The number of para-hydroxylation sites is 2. The molecular formula is C32H29NO4. The summed E-state index contributed by atoms with van der Waals surface area (Å²) in [6.07, 6.45) is 3.40. The SMILES string of the molecule is CCOc1c(/C(C)=C/C(=O)Nc2ccccc2OC)cc2c(-c3cccc4ccccc34)coc2c1C. The Hall–Kier alpha value is -4.51. The summed E-state index contributed by atoms with van der Waals surface area (Å²) in [6.45, 7) is 6.36. The van der Waals surface area contributed by atoms with Crippen LogP contribution in [0.3, 0.4) is 0 Å². The molecule has 5 aromatic rings. The molecule has 5 rings (SSSR count). The largest absolute Gasteiger partial charge is 0.495 e. The van der Waals surface area contributed by atoms with Gasteiger partial charge in [0.05, 0.1) is 25.7 Å². The van der Waals surface area contributed by atoms with E-state index in [2.05, 4.69) is 41.7 Å². The van der Waals surface area contributed by atoms with Crippen molar-refractivity contribution in [2.75, 3.05) is 19.0 Å². The van der Waals surface area contributed by atoms with Crippen LogP contribution < -0.4 is 14.8 Å². The number of rotatable bonds is 7. The van der Waals surface area contributed by atoms with Crippen molar-refractivity contribution < 1.29 is 18.7 Å². The van der Waals surface area contributed by atoms with Crippen molar-refractivity contribution in [1.29, 1.82) is 0 Å². The van der Waals surface area contributed by atoms with Crippen LogP contribution in [0.25, 0.3) is 38.4 Å². The summed E-state index contributed by atoms with van der Waals surface area (Å²) in [4.78, 5) is 13.0. The van der Waals surface area contributed by atoms with E-state index in [1.54, 1.807) is 13.2 Å². The van der Waals surface area contributed by atoms with Gasteiger partial charge in [0.25, 0.3) is 0 Å². The summed E-state index contributed by atoms with van der Waals surface area (Å²) in [5.41, 5.74) is 6.03. The van der Waals surface area contributed by atoms with Gasteiger partial charge in [-0.3, -0.25) is 4.79 Å². The zero-order valence-electron chi connectivity index (χ0n) is 21.4. The molecule has 4 aromatic carbocycles. The Bertz CT molecular complexity index is 1640. The number of ether oxygens (including phenoxy) is 2. The zero-order valence-corrected chi connectivity index (χ0v) is 21.4.